The van der Waals surface area contributed by atoms with Crippen LogP contribution in [0, 0.1) is 0 Å². The van der Waals surface area contributed by atoms with Gasteiger partial charge in [0.05, 0.1) is 12.1 Å². The van der Waals surface area contributed by atoms with E-state index in [1.807, 2.05) is 0 Å². The summed E-state index contributed by atoms with van der Waals surface area (Å²) in [6.45, 7) is 5.36. The molecule has 1 N–H and O–H groups in total. The molecule has 3 nitrogen and oxygen atoms in total. The molecule has 0 bridgehead atoms. The molecule has 4 heteroatoms. The van der Waals surface area contributed by atoms with E-state index in [2.05, 4.69) is 70.5 Å². The van der Waals surface area contributed by atoms with E-state index in [9.17, 15) is 5.11 Å². The van der Waals surface area contributed by atoms with Crippen LogP contribution in [-0.4, -0.2) is 52.7 Å². The third-order valence-corrected chi connectivity index (χ3v) is 5.33. The Balaban J connectivity index is 1.79. The van der Waals surface area contributed by atoms with Crippen LogP contribution in [0.5, 0.6) is 0 Å². The fourth-order valence-electron chi connectivity index (χ4n) is 3.43. The third-order valence-electron chi connectivity index (χ3n) is 4.69. The molecular weight excluding hydrogens is 320 g/mol. The van der Waals surface area contributed by atoms with Crippen LogP contribution >= 0.6 is 11.6 Å². The number of hydrogen-bond donors (Lipinski definition) is 1. The molecule has 2 atom stereocenters. The van der Waals surface area contributed by atoms with Gasteiger partial charge in [0.2, 0.25) is 0 Å². The summed E-state index contributed by atoms with van der Waals surface area (Å²) in [5, 5.41) is 9.72. The molecule has 0 amide bonds. The van der Waals surface area contributed by atoms with Gasteiger partial charge in [-0.15, -0.1) is 11.6 Å². The fraction of sp³-hybridized carbons (Fsp3) is 0.400. The zero-order chi connectivity index (χ0) is 16.9. The van der Waals surface area contributed by atoms with Gasteiger partial charge in [-0.05, 0) is 18.1 Å². The Labute approximate surface area is 149 Å². The first-order chi connectivity index (χ1) is 11.7. The van der Waals surface area contributed by atoms with Crippen LogP contribution in [0.3, 0.4) is 0 Å². The van der Waals surface area contributed by atoms with Gasteiger partial charge in [0.1, 0.15) is 5.50 Å². The lowest BCUT2D eigenvalue weighted by atomic mass is 9.96. The Kier molecular flexibility index (Phi) is 5.90. The number of piperazine rings is 1. The van der Waals surface area contributed by atoms with Crippen molar-refractivity contribution in [1.29, 1.82) is 0 Å². The molecule has 1 saturated heterocycles. The third kappa shape index (κ3) is 3.98. The van der Waals surface area contributed by atoms with E-state index in [1.54, 1.807) is 6.92 Å². The quantitative estimate of drug-likeness (QED) is 0.665. The van der Waals surface area contributed by atoms with Crippen molar-refractivity contribution in [2.75, 3.05) is 26.2 Å². The van der Waals surface area contributed by atoms with E-state index >= 15 is 0 Å². The Morgan fingerprint density at radius 3 is 1.62 bits per heavy atom. The van der Waals surface area contributed by atoms with Crippen molar-refractivity contribution in [2.45, 2.75) is 24.6 Å². The lowest BCUT2D eigenvalue weighted by molar-refractivity contribution is 0.0526. The molecule has 2 aromatic rings. The fourth-order valence-corrected chi connectivity index (χ4v) is 3.63. The number of hydrogen-bond acceptors (Lipinski definition) is 3. The molecule has 2 aromatic carbocycles. The second-order valence-corrected chi connectivity index (χ2v) is 6.86. The van der Waals surface area contributed by atoms with Gasteiger partial charge in [0.15, 0.2) is 0 Å². The minimum absolute atomic E-state index is 0.259. The van der Waals surface area contributed by atoms with Gasteiger partial charge in [-0.1, -0.05) is 60.7 Å². The normalized spacial score (nSPS) is 19.3. The van der Waals surface area contributed by atoms with Gasteiger partial charge in [-0.3, -0.25) is 9.80 Å². The number of benzene rings is 2. The van der Waals surface area contributed by atoms with Gasteiger partial charge in [-0.25, -0.2) is 0 Å². The smallest absolute Gasteiger partial charge is 0.111 e. The Morgan fingerprint density at radius 1 is 0.792 bits per heavy atom. The molecule has 1 aliphatic heterocycles. The highest BCUT2D eigenvalue weighted by Gasteiger charge is 2.29. The van der Waals surface area contributed by atoms with Gasteiger partial charge < -0.3 is 5.11 Å². The summed E-state index contributed by atoms with van der Waals surface area (Å²) in [6, 6.07) is 21.6. The van der Waals surface area contributed by atoms with E-state index in [0.29, 0.717) is 0 Å². The topological polar surface area (TPSA) is 26.7 Å². The highest BCUT2D eigenvalue weighted by atomic mass is 35.5. The average molecular weight is 345 g/mol. The molecule has 0 saturated carbocycles. The zero-order valence-corrected chi connectivity index (χ0v) is 14.8. The van der Waals surface area contributed by atoms with Crippen molar-refractivity contribution >= 4 is 11.6 Å². The molecule has 0 aromatic heterocycles. The summed E-state index contributed by atoms with van der Waals surface area (Å²) in [4.78, 5) is 4.67. The molecule has 1 aliphatic rings. The van der Waals surface area contributed by atoms with Crippen LogP contribution in [0.15, 0.2) is 60.7 Å². The second kappa shape index (κ2) is 8.13. The zero-order valence-electron chi connectivity index (χ0n) is 14.1. The largest absolute Gasteiger partial charge is 0.390 e. The van der Waals surface area contributed by atoms with E-state index < -0.39 is 6.10 Å². The van der Waals surface area contributed by atoms with Crippen molar-refractivity contribution in [3.8, 4) is 0 Å². The number of alkyl halides is 1. The molecule has 24 heavy (non-hydrogen) atoms. The highest BCUT2D eigenvalue weighted by Crippen LogP contribution is 2.30. The minimum atomic E-state index is -0.516. The predicted octanol–water partition coefficient (Wildman–Crippen LogP) is 3.34. The van der Waals surface area contributed by atoms with E-state index in [0.717, 1.165) is 26.2 Å². The van der Waals surface area contributed by atoms with Crippen molar-refractivity contribution < 1.29 is 5.11 Å². The molecule has 0 aliphatic carbocycles. The highest BCUT2D eigenvalue weighted by molar-refractivity contribution is 6.20. The van der Waals surface area contributed by atoms with E-state index in [4.69, 9.17) is 11.6 Å². The first-order valence-electron chi connectivity index (χ1n) is 8.57. The van der Waals surface area contributed by atoms with Crippen LogP contribution in [-0.2, 0) is 0 Å². The summed E-state index contributed by atoms with van der Waals surface area (Å²) in [5.74, 6) is 0. The monoisotopic (exact) mass is 344 g/mol. The van der Waals surface area contributed by atoms with Crippen LogP contribution in [0.2, 0.25) is 0 Å². The van der Waals surface area contributed by atoms with Crippen LogP contribution in [0.4, 0.5) is 0 Å². The van der Waals surface area contributed by atoms with E-state index in [1.165, 1.54) is 11.1 Å². The average Bonchev–Trinajstić information content (AvgIpc) is 2.64. The van der Waals surface area contributed by atoms with Gasteiger partial charge >= 0.3 is 0 Å². The van der Waals surface area contributed by atoms with Crippen molar-refractivity contribution in [3.05, 3.63) is 71.8 Å². The van der Waals surface area contributed by atoms with Crippen LogP contribution < -0.4 is 0 Å². The maximum Gasteiger partial charge on any atom is 0.111 e. The number of halogens is 1. The molecule has 0 radical (unpaired) electrons. The Bertz CT molecular complexity index is 573. The summed E-state index contributed by atoms with van der Waals surface area (Å²) < 4.78 is 0. The summed E-state index contributed by atoms with van der Waals surface area (Å²) in [6.07, 6.45) is -0.516. The van der Waals surface area contributed by atoms with Gasteiger partial charge in [0.25, 0.3) is 0 Å². The predicted molar refractivity (Wildman–Crippen MR) is 99.2 cm³/mol. The Hall–Kier alpha value is -1.39. The molecule has 2 unspecified atom stereocenters. The number of nitrogens with zero attached hydrogens (tertiary/aromatic N) is 2. The molecule has 1 fully saturated rings. The lowest BCUT2D eigenvalue weighted by Crippen LogP contribution is -2.52. The first-order valence-corrected chi connectivity index (χ1v) is 9.00. The molecule has 0 spiro atoms. The summed E-state index contributed by atoms with van der Waals surface area (Å²) in [5.41, 5.74) is 2.32. The van der Waals surface area contributed by atoms with Crippen molar-refractivity contribution in [2.24, 2.45) is 0 Å². The molecule has 128 valence electrons. The standard InChI is InChI=1S/C20H25ClN2O/c1-16(24)20(21)23-14-12-22(13-15-23)19(17-8-4-2-5-9-17)18-10-6-3-7-11-18/h2-11,16,19-20,24H,12-15H2,1H3. The van der Waals surface area contributed by atoms with E-state index in [-0.39, 0.29) is 11.5 Å². The van der Waals surface area contributed by atoms with Crippen molar-refractivity contribution in [3.63, 3.8) is 0 Å². The number of rotatable bonds is 5. The molecular formula is C20H25ClN2O. The van der Waals surface area contributed by atoms with Gasteiger partial charge in [-0.2, -0.15) is 0 Å². The lowest BCUT2D eigenvalue weighted by Gasteiger charge is -2.41. The maximum absolute atomic E-state index is 9.72. The second-order valence-electron chi connectivity index (χ2n) is 6.41. The van der Waals surface area contributed by atoms with Crippen LogP contribution in [0.1, 0.15) is 24.1 Å². The summed E-state index contributed by atoms with van der Waals surface area (Å²) in [7, 11) is 0. The number of aliphatic hydroxyl groups is 1. The maximum atomic E-state index is 9.72. The van der Waals surface area contributed by atoms with Crippen molar-refractivity contribution in [1.82, 2.24) is 9.80 Å². The molecule has 3 rings (SSSR count). The Morgan fingerprint density at radius 2 is 1.21 bits per heavy atom. The SMILES string of the molecule is CC(O)C(Cl)N1CCN(C(c2ccccc2)c2ccccc2)CC1. The minimum Gasteiger partial charge on any atom is -0.390 e. The first kappa shape index (κ1) is 17.4. The van der Waals surface area contributed by atoms with Crippen LogP contribution in [0.25, 0.3) is 0 Å². The molecule has 1 heterocycles. The number of aliphatic hydroxyl groups excluding tert-OH is 1. The van der Waals surface area contributed by atoms with Gasteiger partial charge in [0, 0.05) is 26.2 Å². The summed E-state index contributed by atoms with van der Waals surface area (Å²) >= 11 is 6.31.